The second-order valence-electron chi connectivity index (χ2n) is 4.88. The van der Waals surface area contributed by atoms with Gasteiger partial charge in [0.2, 0.25) is 0 Å². The number of nitrogens with zero attached hydrogens (tertiary/aromatic N) is 1. The number of hydrogen-bond acceptors (Lipinski definition) is 4. The van der Waals surface area contributed by atoms with E-state index in [0.717, 1.165) is 16.1 Å². The summed E-state index contributed by atoms with van der Waals surface area (Å²) < 4.78 is 18.9. The molecule has 2 amide bonds. The molecule has 130 valence electrons. The zero-order valence-corrected chi connectivity index (χ0v) is 14.8. The van der Waals surface area contributed by atoms with Crippen molar-refractivity contribution in [2.75, 3.05) is 13.7 Å². The summed E-state index contributed by atoms with van der Waals surface area (Å²) in [5, 5.41) is 6.19. The van der Waals surface area contributed by atoms with Crippen LogP contribution in [0.4, 0.5) is 4.39 Å². The molecule has 0 aliphatic rings. The van der Waals surface area contributed by atoms with Crippen molar-refractivity contribution >= 4 is 34.0 Å². The van der Waals surface area contributed by atoms with E-state index in [4.69, 9.17) is 4.74 Å². The lowest BCUT2D eigenvalue weighted by Gasteiger charge is -2.05. The van der Waals surface area contributed by atoms with E-state index in [1.54, 1.807) is 25.3 Å². The molecular weight excluding hydrogens is 393 g/mol. The molecule has 2 aromatic carbocycles. The first-order valence-corrected chi connectivity index (χ1v) is 7.98. The molecule has 2 N–H and O–H groups in total. The Morgan fingerprint density at radius 3 is 2.76 bits per heavy atom. The Balaban J connectivity index is 1.82. The Kier molecular flexibility index (Phi) is 6.64. The van der Waals surface area contributed by atoms with Crippen LogP contribution in [0.2, 0.25) is 0 Å². The third kappa shape index (κ3) is 5.68. The number of methoxy groups -OCH3 is 1. The van der Waals surface area contributed by atoms with Gasteiger partial charge in [-0.15, -0.1) is 0 Å². The highest BCUT2D eigenvalue weighted by molar-refractivity contribution is 9.10. The van der Waals surface area contributed by atoms with Crippen molar-refractivity contribution < 1.29 is 18.7 Å². The minimum absolute atomic E-state index is 0.138. The van der Waals surface area contributed by atoms with E-state index in [1.165, 1.54) is 24.4 Å². The molecule has 0 aliphatic heterocycles. The first-order chi connectivity index (χ1) is 12.0. The largest absolute Gasteiger partial charge is 0.496 e. The maximum atomic E-state index is 13.0. The number of nitrogens with one attached hydrogen (secondary N) is 2. The Morgan fingerprint density at radius 2 is 2.08 bits per heavy atom. The van der Waals surface area contributed by atoms with Crippen molar-refractivity contribution in [1.82, 2.24) is 10.7 Å². The Labute approximate surface area is 152 Å². The van der Waals surface area contributed by atoms with Crippen LogP contribution in [-0.2, 0) is 4.79 Å². The van der Waals surface area contributed by atoms with Gasteiger partial charge in [-0.25, -0.2) is 9.82 Å². The van der Waals surface area contributed by atoms with E-state index < -0.39 is 17.6 Å². The van der Waals surface area contributed by atoms with Crippen LogP contribution in [0.25, 0.3) is 0 Å². The maximum absolute atomic E-state index is 13.0. The molecule has 0 unspecified atom stereocenters. The predicted molar refractivity (Wildman–Crippen MR) is 95.2 cm³/mol. The van der Waals surface area contributed by atoms with Gasteiger partial charge < -0.3 is 10.1 Å². The van der Waals surface area contributed by atoms with Gasteiger partial charge in [0.1, 0.15) is 11.6 Å². The van der Waals surface area contributed by atoms with E-state index in [1.807, 2.05) is 0 Å². The molecule has 0 heterocycles. The number of carbonyl (C=O) groups excluding carboxylic acids is 2. The first-order valence-electron chi connectivity index (χ1n) is 7.19. The summed E-state index contributed by atoms with van der Waals surface area (Å²) in [5.41, 5.74) is 3.18. The Morgan fingerprint density at radius 1 is 1.28 bits per heavy atom. The van der Waals surface area contributed by atoms with Crippen LogP contribution in [0, 0.1) is 5.82 Å². The minimum Gasteiger partial charge on any atom is -0.496 e. The quantitative estimate of drug-likeness (QED) is 0.570. The first kappa shape index (κ1) is 18.6. The van der Waals surface area contributed by atoms with Gasteiger partial charge in [0.25, 0.3) is 11.8 Å². The van der Waals surface area contributed by atoms with Crippen molar-refractivity contribution in [1.29, 1.82) is 0 Å². The summed E-state index contributed by atoms with van der Waals surface area (Å²) in [7, 11) is 1.56. The SMILES string of the molecule is COc1ccc(C=NNC(=O)CNC(=O)c2cccc(F)c2)cc1Br. The van der Waals surface area contributed by atoms with Gasteiger partial charge in [-0.2, -0.15) is 5.10 Å². The fourth-order valence-electron chi connectivity index (χ4n) is 1.87. The van der Waals surface area contributed by atoms with Gasteiger partial charge in [0.15, 0.2) is 0 Å². The molecule has 2 aromatic rings. The molecule has 2 rings (SSSR count). The van der Waals surface area contributed by atoms with E-state index in [9.17, 15) is 14.0 Å². The summed E-state index contributed by atoms with van der Waals surface area (Å²) >= 11 is 3.35. The van der Waals surface area contributed by atoms with E-state index in [0.29, 0.717) is 5.75 Å². The maximum Gasteiger partial charge on any atom is 0.259 e. The smallest absolute Gasteiger partial charge is 0.259 e. The predicted octanol–water partition coefficient (Wildman–Crippen LogP) is 2.48. The summed E-state index contributed by atoms with van der Waals surface area (Å²) in [5.74, 6) is -0.889. The van der Waals surface area contributed by atoms with Gasteiger partial charge in [0.05, 0.1) is 24.3 Å². The molecule has 0 aliphatic carbocycles. The van der Waals surface area contributed by atoms with Crippen molar-refractivity contribution in [3.8, 4) is 5.75 Å². The molecule has 0 saturated heterocycles. The van der Waals surface area contributed by atoms with Crippen molar-refractivity contribution in [2.45, 2.75) is 0 Å². The van der Waals surface area contributed by atoms with Crippen LogP contribution >= 0.6 is 15.9 Å². The topological polar surface area (TPSA) is 79.8 Å². The minimum atomic E-state index is -0.544. The van der Waals surface area contributed by atoms with E-state index in [-0.39, 0.29) is 12.1 Å². The summed E-state index contributed by atoms with van der Waals surface area (Å²) in [6.07, 6.45) is 1.45. The number of ether oxygens (including phenoxy) is 1. The molecular formula is C17H15BrFN3O3. The molecule has 0 radical (unpaired) electrons. The molecule has 0 atom stereocenters. The van der Waals surface area contributed by atoms with Gasteiger partial charge in [-0.1, -0.05) is 6.07 Å². The number of rotatable bonds is 6. The molecule has 0 bridgehead atoms. The van der Waals surface area contributed by atoms with Crippen LogP contribution in [-0.4, -0.2) is 31.7 Å². The lowest BCUT2D eigenvalue weighted by Crippen LogP contribution is -2.34. The van der Waals surface area contributed by atoms with Gasteiger partial charge in [-0.05, 0) is 57.9 Å². The Hall–Kier alpha value is -2.74. The highest BCUT2D eigenvalue weighted by Crippen LogP contribution is 2.24. The Bertz CT molecular complexity index is 811. The molecule has 0 fully saturated rings. The van der Waals surface area contributed by atoms with Crippen molar-refractivity contribution in [2.24, 2.45) is 5.10 Å². The number of amides is 2. The highest BCUT2D eigenvalue weighted by atomic mass is 79.9. The monoisotopic (exact) mass is 407 g/mol. The number of hydrogen-bond donors (Lipinski definition) is 2. The van der Waals surface area contributed by atoms with Gasteiger partial charge >= 0.3 is 0 Å². The number of benzene rings is 2. The van der Waals surface area contributed by atoms with Crippen LogP contribution in [0.15, 0.2) is 52.0 Å². The lowest BCUT2D eigenvalue weighted by atomic mass is 10.2. The highest BCUT2D eigenvalue weighted by Gasteiger charge is 2.08. The fraction of sp³-hybridized carbons (Fsp3) is 0.118. The average Bonchev–Trinajstić information content (AvgIpc) is 2.60. The third-order valence-corrected chi connectivity index (χ3v) is 3.69. The number of halogens is 2. The zero-order chi connectivity index (χ0) is 18.2. The van der Waals surface area contributed by atoms with Crippen molar-refractivity contribution in [3.05, 3.63) is 63.9 Å². The van der Waals surface area contributed by atoms with Gasteiger partial charge in [-0.3, -0.25) is 9.59 Å². The molecule has 0 spiro atoms. The normalized spacial score (nSPS) is 10.5. The second kappa shape index (κ2) is 8.93. The number of hydrazone groups is 1. The zero-order valence-electron chi connectivity index (χ0n) is 13.3. The third-order valence-electron chi connectivity index (χ3n) is 3.08. The van der Waals surface area contributed by atoms with Crippen LogP contribution < -0.4 is 15.5 Å². The molecule has 8 heteroatoms. The van der Waals surface area contributed by atoms with E-state index >= 15 is 0 Å². The molecule has 25 heavy (non-hydrogen) atoms. The van der Waals surface area contributed by atoms with Gasteiger partial charge in [0, 0.05) is 5.56 Å². The molecule has 6 nitrogen and oxygen atoms in total. The van der Waals surface area contributed by atoms with Crippen LogP contribution in [0.5, 0.6) is 5.75 Å². The standard InChI is InChI=1S/C17H15BrFN3O3/c1-25-15-6-5-11(7-14(15)18)9-21-22-16(23)10-20-17(24)12-3-2-4-13(19)8-12/h2-9H,10H2,1H3,(H,20,24)(H,22,23). The van der Waals surface area contributed by atoms with Crippen LogP contribution in [0.1, 0.15) is 15.9 Å². The second-order valence-corrected chi connectivity index (χ2v) is 5.73. The molecule has 0 saturated carbocycles. The lowest BCUT2D eigenvalue weighted by molar-refractivity contribution is -0.120. The average molecular weight is 408 g/mol. The summed E-state index contributed by atoms with van der Waals surface area (Å²) in [6, 6.07) is 10.5. The summed E-state index contributed by atoms with van der Waals surface area (Å²) in [6.45, 7) is -0.279. The van der Waals surface area contributed by atoms with E-state index in [2.05, 4.69) is 31.8 Å². The van der Waals surface area contributed by atoms with Crippen molar-refractivity contribution in [3.63, 3.8) is 0 Å². The fourth-order valence-corrected chi connectivity index (χ4v) is 2.43. The van der Waals surface area contributed by atoms with Crippen LogP contribution in [0.3, 0.4) is 0 Å². The number of carbonyl (C=O) groups is 2. The summed E-state index contributed by atoms with van der Waals surface area (Å²) in [4.78, 5) is 23.4. The molecule has 0 aromatic heterocycles.